The molecule has 0 unspecified atom stereocenters. The number of carbonyl (C=O) groups is 2. The molecule has 2 amide bonds. The lowest BCUT2D eigenvalue weighted by molar-refractivity contribution is -0.142. The van der Waals surface area contributed by atoms with Gasteiger partial charge < -0.3 is 14.6 Å². The first-order valence-corrected chi connectivity index (χ1v) is 11.8. The zero-order valence-electron chi connectivity index (χ0n) is 19.8. The highest BCUT2D eigenvalue weighted by Gasteiger charge is 2.34. The van der Waals surface area contributed by atoms with Gasteiger partial charge >= 0.3 is 0 Å². The molecule has 0 aliphatic rings. The van der Waals surface area contributed by atoms with Crippen LogP contribution in [0.5, 0.6) is 0 Å². The van der Waals surface area contributed by atoms with Gasteiger partial charge in [0.1, 0.15) is 29.7 Å². The molecule has 0 spiro atoms. The second kappa shape index (κ2) is 10.9. The van der Waals surface area contributed by atoms with E-state index in [9.17, 15) is 9.59 Å². The van der Waals surface area contributed by atoms with Gasteiger partial charge in [0.25, 0.3) is 0 Å². The minimum atomic E-state index is -1.25. The molecule has 5 aromatic rings. The molecule has 0 aliphatic heterocycles. The number of furan rings is 1. The van der Waals surface area contributed by atoms with E-state index in [-0.39, 0.29) is 25.2 Å². The van der Waals surface area contributed by atoms with E-state index >= 15 is 4.39 Å². The van der Waals surface area contributed by atoms with Crippen LogP contribution in [0.2, 0.25) is 0 Å². The molecule has 3 aromatic carbocycles. The highest BCUT2D eigenvalue weighted by Crippen LogP contribution is 2.27. The average molecular weight is 498 g/mol. The van der Waals surface area contributed by atoms with Gasteiger partial charge in [0.15, 0.2) is 0 Å². The number of benzene rings is 3. The Morgan fingerprint density at radius 1 is 0.946 bits per heavy atom. The van der Waals surface area contributed by atoms with Crippen LogP contribution in [0.25, 0.3) is 11.0 Å². The molecule has 8 nitrogen and oxygen atoms in total. The number of fused-ring (bicyclic) bond motifs is 1. The third kappa shape index (κ3) is 5.40. The molecule has 37 heavy (non-hydrogen) atoms. The van der Waals surface area contributed by atoms with Gasteiger partial charge in [-0.15, -0.1) is 5.10 Å². The van der Waals surface area contributed by atoms with Crippen molar-refractivity contribution in [3.63, 3.8) is 0 Å². The largest absolute Gasteiger partial charge is 0.467 e. The van der Waals surface area contributed by atoms with Crippen LogP contribution in [0.15, 0.2) is 102 Å². The predicted molar refractivity (Wildman–Crippen MR) is 134 cm³/mol. The molecule has 0 saturated carbocycles. The Balaban J connectivity index is 1.50. The Morgan fingerprint density at radius 3 is 2.49 bits per heavy atom. The van der Waals surface area contributed by atoms with Crippen LogP contribution in [0, 0.1) is 5.82 Å². The number of carbonyl (C=O) groups excluding carboxylic acids is 2. The van der Waals surface area contributed by atoms with E-state index in [0.717, 1.165) is 5.56 Å². The summed E-state index contributed by atoms with van der Waals surface area (Å²) in [6.45, 7) is -0.0184. The molecule has 0 radical (unpaired) electrons. The molecule has 2 heterocycles. The quantitative estimate of drug-likeness (QED) is 0.329. The summed E-state index contributed by atoms with van der Waals surface area (Å²) >= 11 is 0. The summed E-state index contributed by atoms with van der Waals surface area (Å²) in [5.41, 5.74) is 2.27. The second-order valence-corrected chi connectivity index (χ2v) is 8.46. The number of hydrogen-bond donors (Lipinski definition) is 1. The minimum Gasteiger partial charge on any atom is -0.467 e. The zero-order valence-corrected chi connectivity index (χ0v) is 19.8. The summed E-state index contributed by atoms with van der Waals surface area (Å²) in [6, 6.07) is 24.7. The summed E-state index contributed by atoms with van der Waals surface area (Å²) in [7, 11) is 0. The van der Waals surface area contributed by atoms with Gasteiger partial charge in [-0.2, -0.15) is 0 Å². The Kier molecular flexibility index (Phi) is 7.02. The number of halogens is 1. The van der Waals surface area contributed by atoms with Crippen LogP contribution < -0.4 is 5.32 Å². The first-order valence-electron chi connectivity index (χ1n) is 11.8. The van der Waals surface area contributed by atoms with Crippen molar-refractivity contribution in [3.8, 4) is 0 Å². The van der Waals surface area contributed by atoms with Gasteiger partial charge in [-0.1, -0.05) is 65.9 Å². The average Bonchev–Trinajstić information content (AvgIpc) is 3.59. The third-order valence-corrected chi connectivity index (χ3v) is 6.00. The highest BCUT2D eigenvalue weighted by atomic mass is 19.1. The summed E-state index contributed by atoms with van der Waals surface area (Å²) in [4.78, 5) is 28.7. The molecule has 5 rings (SSSR count). The van der Waals surface area contributed by atoms with Gasteiger partial charge in [-0.05, 0) is 35.9 Å². The lowest BCUT2D eigenvalue weighted by atomic mass is 10.0. The van der Waals surface area contributed by atoms with E-state index in [0.29, 0.717) is 16.8 Å². The molecule has 1 N–H and O–H groups in total. The van der Waals surface area contributed by atoms with Crippen molar-refractivity contribution in [2.45, 2.75) is 25.7 Å². The summed E-state index contributed by atoms with van der Waals surface area (Å²) in [5, 5.41) is 11.1. The van der Waals surface area contributed by atoms with Gasteiger partial charge in [0.2, 0.25) is 11.8 Å². The molecule has 0 aliphatic carbocycles. The van der Waals surface area contributed by atoms with Crippen LogP contribution in [-0.2, 0) is 29.2 Å². The molecule has 0 bridgehead atoms. The van der Waals surface area contributed by atoms with Crippen LogP contribution in [0.1, 0.15) is 22.9 Å². The lowest BCUT2D eigenvalue weighted by Gasteiger charge is -2.31. The van der Waals surface area contributed by atoms with Gasteiger partial charge in [-0.25, -0.2) is 9.07 Å². The van der Waals surface area contributed by atoms with Crippen molar-refractivity contribution < 1.29 is 18.4 Å². The van der Waals surface area contributed by atoms with Crippen molar-refractivity contribution in [2.75, 3.05) is 0 Å². The fraction of sp³-hybridized carbons (Fsp3) is 0.143. The minimum absolute atomic E-state index is 0.0454. The van der Waals surface area contributed by atoms with Crippen LogP contribution in [-0.4, -0.2) is 31.7 Å². The van der Waals surface area contributed by atoms with E-state index in [1.165, 1.54) is 34.0 Å². The maximum atomic E-state index is 15.1. The molecule has 186 valence electrons. The Hall–Kier alpha value is -4.79. The van der Waals surface area contributed by atoms with E-state index < -0.39 is 23.7 Å². The van der Waals surface area contributed by atoms with Crippen molar-refractivity contribution >= 4 is 22.8 Å². The summed E-state index contributed by atoms with van der Waals surface area (Å²) in [6.07, 6.45) is 1.48. The Bertz CT molecular complexity index is 1500. The summed E-state index contributed by atoms with van der Waals surface area (Å²) in [5.74, 6) is -1.10. The second-order valence-electron chi connectivity index (χ2n) is 8.46. The van der Waals surface area contributed by atoms with Crippen molar-refractivity contribution in [1.82, 2.24) is 25.2 Å². The summed E-state index contributed by atoms with van der Waals surface area (Å²) < 4.78 is 22.0. The van der Waals surface area contributed by atoms with Gasteiger partial charge in [0, 0.05) is 12.1 Å². The third-order valence-electron chi connectivity index (χ3n) is 6.00. The Labute approximate surface area is 212 Å². The molecular formula is C28H24FN5O3. The number of amides is 2. The van der Waals surface area contributed by atoms with Gasteiger partial charge in [-0.3, -0.25) is 9.59 Å². The van der Waals surface area contributed by atoms with Crippen molar-refractivity contribution in [2.24, 2.45) is 0 Å². The molecule has 0 saturated heterocycles. The molecular weight excluding hydrogens is 473 g/mol. The standard InChI is InChI=1S/C28H24FN5O3/c29-23-13-5-4-12-22(23)27(28(36)30-17-20-9-2-1-3-10-20)33(18-21-11-8-16-37-21)26(35)19-34-25-15-7-6-14-24(25)31-32-34/h1-16,27H,17-19H2,(H,30,36)/t27-/m0/s1. The SMILES string of the molecule is O=C(NCc1ccccc1)[C@H](c1ccccc1F)N(Cc1ccco1)C(=O)Cn1nnc2ccccc21. The van der Waals surface area contributed by atoms with E-state index in [4.69, 9.17) is 4.42 Å². The normalized spacial score (nSPS) is 11.8. The maximum absolute atomic E-state index is 15.1. The zero-order chi connectivity index (χ0) is 25.6. The number of aromatic nitrogens is 3. The lowest BCUT2D eigenvalue weighted by Crippen LogP contribution is -2.44. The topological polar surface area (TPSA) is 93.3 Å². The van der Waals surface area contributed by atoms with E-state index in [2.05, 4.69) is 15.6 Å². The van der Waals surface area contributed by atoms with Crippen LogP contribution in [0.3, 0.4) is 0 Å². The van der Waals surface area contributed by atoms with E-state index in [1.807, 2.05) is 42.5 Å². The van der Waals surface area contributed by atoms with Crippen LogP contribution >= 0.6 is 0 Å². The number of hydrogen-bond acceptors (Lipinski definition) is 5. The highest BCUT2D eigenvalue weighted by molar-refractivity contribution is 5.89. The maximum Gasteiger partial charge on any atom is 0.247 e. The Morgan fingerprint density at radius 2 is 1.70 bits per heavy atom. The molecule has 9 heteroatoms. The number of para-hydroxylation sites is 1. The molecule has 1 atom stereocenters. The fourth-order valence-electron chi connectivity index (χ4n) is 4.18. The monoisotopic (exact) mass is 497 g/mol. The first kappa shape index (κ1) is 23.9. The van der Waals surface area contributed by atoms with Crippen molar-refractivity contribution in [3.05, 3.63) is 120 Å². The first-order chi connectivity index (χ1) is 18.1. The van der Waals surface area contributed by atoms with Gasteiger partial charge in [0.05, 0.1) is 18.3 Å². The van der Waals surface area contributed by atoms with Crippen molar-refractivity contribution in [1.29, 1.82) is 0 Å². The van der Waals surface area contributed by atoms with Crippen LogP contribution in [0.4, 0.5) is 4.39 Å². The number of nitrogens with one attached hydrogen (secondary N) is 1. The molecule has 0 fully saturated rings. The fourth-order valence-corrected chi connectivity index (χ4v) is 4.18. The predicted octanol–water partition coefficient (Wildman–Crippen LogP) is 4.25. The number of rotatable bonds is 9. The smallest absolute Gasteiger partial charge is 0.247 e. The molecule has 2 aromatic heterocycles. The van der Waals surface area contributed by atoms with E-state index in [1.54, 1.807) is 30.3 Å². The number of nitrogens with zero attached hydrogens (tertiary/aromatic N) is 4.